The minimum Gasteiger partial charge on any atom is -0.309 e. The average Bonchev–Trinajstić information content (AvgIpc) is 3.29. The molecule has 0 spiro atoms. The first-order valence-corrected chi connectivity index (χ1v) is 9.93. The molecule has 4 aromatic rings. The van der Waals surface area contributed by atoms with Crippen molar-refractivity contribution in [3.8, 4) is 11.1 Å². The molecule has 0 aliphatic carbocycles. The van der Waals surface area contributed by atoms with E-state index in [1.165, 1.54) is 23.1 Å². The number of nitrogens with zero attached hydrogens (tertiary/aromatic N) is 5. The van der Waals surface area contributed by atoms with E-state index in [2.05, 4.69) is 25.5 Å². The molecule has 0 saturated carbocycles. The van der Waals surface area contributed by atoms with Gasteiger partial charge in [0.25, 0.3) is 5.56 Å². The number of rotatable bonds is 5. The van der Waals surface area contributed by atoms with E-state index in [1.54, 1.807) is 4.68 Å². The summed E-state index contributed by atoms with van der Waals surface area (Å²) in [5.74, 6) is 0.625. The smallest absolute Gasteiger partial charge is 0.260 e. The summed E-state index contributed by atoms with van der Waals surface area (Å²) in [6.45, 7) is 4.65. The maximum atomic E-state index is 12.7. The van der Waals surface area contributed by atoms with Crippen LogP contribution in [0.2, 0.25) is 0 Å². The van der Waals surface area contributed by atoms with Gasteiger partial charge in [0.2, 0.25) is 5.16 Å². The molecule has 0 bridgehead atoms. The van der Waals surface area contributed by atoms with Gasteiger partial charge in [-0.2, -0.15) is 0 Å². The Labute approximate surface area is 157 Å². The quantitative estimate of drug-likeness (QED) is 0.530. The highest BCUT2D eigenvalue weighted by molar-refractivity contribution is 7.99. The van der Waals surface area contributed by atoms with Crippen molar-refractivity contribution in [3.05, 3.63) is 51.9 Å². The van der Waals surface area contributed by atoms with Crippen molar-refractivity contribution < 1.29 is 0 Å². The lowest BCUT2D eigenvalue weighted by Crippen LogP contribution is -2.12. The Morgan fingerprint density at radius 3 is 2.88 bits per heavy atom. The molecule has 1 N–H and O–H groups in total. The number of thiophene rings is 1. The van der Waals surface area contributed by atoms with Crippen LogP contribution in [0.1, 0.15) is 24.9 Å². The first-order chi connectivity index (χ1) is 12.7. The predicted molar refractivity (Wildman–Crippen MR) is 103 cm³/mol. The second-order valence-corrected chi connectivity index (χ2v) is 7.85. The van der Waals surface area contributed by atoms with Gasteiger partial charge in [0.15, 0.2) is 0 Å². The van der Waals surface area contributed by atoms with Gasteiger partial charge in [-0.05, 0) is 29.8 Å². The van der Waals surface area contributed by atoms with E-state index in [-0.39, 0.29) is 10.8 Å². The van der Waals surface area contributed by atoms with E-state index in [0.717, 1.165) is 16.0 Å². The Balaban J connectivity index is 1.71. The first kappa shape index (κ1) is 16.9. The number of benzene rings is 1. The maximum absolute atomic E-state index is 12.7. The van der Waals surface area contributed by atoms with Gasteiger partial charge in [-0.25, -0.2) is 9.67 Å². The number of nitrogens with one attached hydrogen (secondary N) is 1. The van der Waals surface area contributed by atoms with Crippen LogP contribution in [0.25, 0.3) is 21.3 Å². The van der Waals surface area contributed by atoms with Gasteiger partial charge >= 0.3 is 0 Å². The Morgan fingerprint density at radius 1 is 1.31 bits per heavy atom. The second kappa shape index (κ2) is 7.00. The van der Waals surface area contributed by atoms with Gasteiger partial charge in [-0.1, -0.05) is 42.1 Å². The van der Waals surface area contributed by atoms with E-state index in [0.29, 0.717) is 22.9 Å². The van der Waals surface area contributed by atoms with E-state index >= 15 is 0 Å². The van der Waals surface area contributed by atoms with Crippen molar-refractivity contribution in [1.82, 2.24) is 30.2 Å². The number of fused-ring (bicyclic) bond motifs is 1. The topological polar surface area (TPSA) is 89.3 Å². The van der Waals surface area contributed by atoms with Crippen LogP contribution in [-0.2, 0) is 6.54 Å². The molecule has 7 nitrogen and oxygen atoms in total. The predicted octanol–water partition coefficient (Wildman–Crippen LogP) is 3.51. The summed E-state index contributed by atoms with van der Waals surface area (Å²) in [6, 6.07) is 9.88. The third kappa shape index (κ3) is 3.04. The largest absolute Gasteiger partial charge is 0.309 e. The Bertz CT molecular complexity index is 1100. The highest BCUT2D eigenvalue weighted by atomic mass is 32.2. The Kier molecular flexibility index (Phi) is 4.56. The van der Waals surface area contributed by atoms with Crippen molar-refractivity contribution in [1.29, 1.82) is 0 Å². The fourth-order valence-corrected chi connectivity index (χ4v) is 4.55. The van der Waals surface area contributed by atoms with E-state index in [4.69, 9.17) is 0 Å². The highest BCUT2D eigenvalue weighted by Gasteiger charge is 2.18. The third-order valence-corrected chi connectivity index (χ3v) is 5.97. The van der Waals surface area contributed by atoms with Gasteiger partial charge in [0.05, 0.1) is 10.6 Å². The zero-order valence-electron chi connectivity index (χ0n) is 14.2. The summed E-state index contributed by atoms with van der Waals surface area (Å²) in [5, 5.41) is 14.9. The Hall–Kier alpha value is -2.52. The number of hydrogen-bond acceptors (Lipinski definition) is 7. The molecule has 0 fully saturated rings. The van der Waals surface area contributed by atoms with Crippen molar-refractivity contribution in [3.63, 3.8) is 0 Å². The van der Waals surface area contributed by atoms with Crippen LogP contribution >= 0.6 is 23.1 Å². The summed E-state index contributed by atoms with van der Waals surface area (Å²) in [4.78, 5) is 21.1. The molecule has 9 heteroatoms. The van der Waals surface area contributed by atoms with Gasteiger partial charge < -0.3 is 4.98 Å². The van der Waals surface area contributed by atoms with Gasteiger partial charge in [0.1, 0.15) is 10.7 Å². The van der Waals surface area contributed by atoms with Crippen LogP contribution in [0.4, 0.5) is 0 Å². The lowest BCUT2D eigenvalue weighted by atomic mass is 10.1. The molecule has 132 valence electrons. The zero-order valence-corrected chi connectivity index (χ0v) is 15.8. The summed E-state index contributed by atoms with van der Waals surface area (Å²) in [7, 11) is 0. The van der Waals surface area contributed by atoms with Crippen LogP contribution < -0.4 is 5.56 Å². The molecule has 4 rings (SSSR count). The van der Waals surface area contributed by atoms with Crippen LogP contribution in [-0.4, -0.2) is 30.2 Å². The summed E-state index contributed by atoms with van der Waals surface area (Å²) < 4.78 is 1.72. The molecule has 26 heavy (non-hydrogen) atoms. The highest BCUT2D eigenvalue weighted by Crippen LogP contribution is 2.34. The van der Waals surface area contributed by atoms with E-state index in [9.17, 15) is 4.79 Å². The van der Waals surface area contributed by atoms with Gasteiger partial charge in [-0.3, -0.25) is 4.79 Å². The number of tetrazole rings is 1. The number of aryl methyl sites for hydroxylation is 1. The molecule has 0 amide bonds. The lowest BCUT2D eigenvalue weighted by molar-refractivity contribution is 0.580. The molecule has 0 aliphatic rings. The molecule has 3 heterocycles. The molecule has 0 radical (unpaired) electrons. The summed E-state index contributed by atoms with van der Waals surface area (Å²) in [5.41, 5.74) is 1.82. The molecule has 0 aliphatic heterocycles. The third-order valence-electron chi connectivity index (χ3n) is 4.01. The molecule has 1 aromatic carbocycles. The van der Waals surface area contributed by atoms with Crippen molar-refractivity contribution in [2.75, 3.05) is 0 Å². The number of H-pyrrole nitrogens is 1. The lowest BCUT2D eigenvalue weighted by Gasteiger charge is -2.09. The van der Waals surface area contributed by atoms with E-state index < -0.39 is 0 Å². The number of aromatic nitrogens is 6. The van der Waals surface area contributed by atoms with Crippen molar-refractivity contribution in [2.45, 2.75) is 30.8 Å². The summed E-state index contributed by atoms with van der Waals surface area (Å²) >= 11 is 2.96. The molecular weight excluding hydrogens is 368 g/mol. The summed E-state index contributed by atoms with van der Waals surface area (Å²) in [6.07, 6.45) is 0. The molecule has 0 saturated heterocycles. The van der Waals surface area contributed by atoms with Crippen molar-refractivity contribution >= 4 is 33.3 Å². The number of hydrogen-bond donors (Lipinski definition) is 1. The molecule has 3 aromatic heterocycles. The van der Waals surface area contributed by atoms with Crippen LogP contribution in [0, 0.1) is 0 Å². The van der Waals surface area contributed by atoms with Gasteiger partial charge in [-0.15, -0.1) is 16.4 Å². The minimum absolute atomic E-state index is 0.0781. The second-order valence-electron chi connectivity index (χ2n) is 5.68. The molecular formula is C17H16N6OS2. The number of aromatic amines is 1. The van der Waals surface area contributed by atoms with Gasteiger partial charge in [0, 0.05) is 17.5 Å². The van der Waals surface area contributed by atoms with Crippen LogP contribution in [0.3, 0.4) is 0 Å². The fraction of sp³-hybridized carbons (Fsp3) is 0.235. The first-order valence-electron chi connectivity index (χ1n) is 8.17. The average molecular weight is 384 g/mol. The SMILES string of the molecule is CCn1nnnc1SC(C)c1nc2scc(-c3ccccc3)c2c(=O)[nH]1. The fourth-order valence-electron chi connectivity index (χ4n) is 2.68. The Morgan fingerprint density at radius 2 is 2.12 bits per heavy atom. The van der Waals surface area contributed by atoms with Crippen molar-refractivity contribution in [2.24, 2.45) is 0 Å². The number of thioether (sulfide) groups is 1. The zero-order chi connectivity index (χ0) is 18.1. The standard InChI is InChI=1S/C17H16N6OS2/c1-3-23-17(20-21-22-23)26-10(2)14-18-15(24)13-12(9-25-16(13)19-14)11-7-5-4-6-8-11/h4-10H,3H2,1-2H3,(H,18,19,24). The van der Waals surface area contributed by atoms with Crippen LogP contribution in [0.15, 0.2) is 45.7 Å². The normalized spacial score (nSPS) is 12.5. The monoisotopic (exact) mass is 384 g/mol. The van der Waals surface area contributed by atoms with Crippen LogP contribution in [0.5, 0.6) is 0 Å². The molecule has 1 unspecified atom stereocenters. The molecule has 1 atom stereocenters. The minimum atomic E-state index is -0.118. The maximum Gasteiger partial charge on any atom is 0.260 e. The van der Waals surface area contributed by atoms with E-state index in [1.807, 2.05) is 49.6 Å².